The second-order valence-corrected chi connectivity index (χ2v) is 6.05. The smallest absolute Gasteiger partial charge is 0.145 e. The Bertz CT molecular complexity index is 587. The van der Waals surface area contributed by atoms with E-state index in [4.69, 9.17) is 0 Å². The monoisotopic (exact) mass is 252 g/mol. The van der Waals surface area contributed by atoms with Gasteiger partial charge in [-0.25, -0.2) is 0 Å². The second-order valence-electron chi connectivity index (χ2n) is 6.05. The maximum atomic E-state index is 2.35. The van der Waals surface area contributed by atoms with Crippen molar-refractivity contribution in [1.29, 1.82) is 0 Å². The summed E-state index contributed by atoms with van der Waals surface area (Å²) in [7, 11) is 4.58. The number of para-hydroxylation sites is 1. The number of hydrogen-bond donors (Lipinski definition) is 0. The van der Waals surface area contributed by atoms with Gasteiger partial charge in [-0.05, 0) is 24.8 Å². The van der Waals surface area contributed by atoms with E-state index in [0.717, 1.165) is 10.9 Å². The fourth-order valence-corrected chi connectivity index (χ4v) is 3.23. The molecule has 0 fully saturated rings. The lowest BCUT2D eigenvalue weighted by Gasteiger charge is -2.25. The normalized spacial score (nSPS) is 23.8. The van der Waals surface area contributed by atoms with Crippen molar-refractivity contribution in [3.05, 3.63) is 59.8 Å². The summed E-state index contributed by atoms with van der Waals surface area (Å²) >= 11 is 0. The van der Waals surface area contributed by atoms with Gasteiger partial charge < -0.3 is 0 Å². The molecule has 0 N–H and O–H groups in total. The first-order valence-corrected chi connectivity index (χ1v) is 7.08. The van der Waals surface area contributed by atoms with E-state index >= 15 is 0 Å². The van der Waals surface area contributed by atoms with Gasteiger partial charge in [-0.15, -0.1) is 0 Å². The van der Waals surface area contributed by atoms with Crippen LogP contribution in [0.5, 0.6) is 0 Å². The highest BCUT2D eigenvalue weighted by Gasteiger charge is 2.36. The summed E-state index contributed by atoms with van der Waals surface area (Å²) in [5.41, 5.74) is 5.92. The quantitative estimate of drug-likeness (QED) is 0.679. The van der Waals surface area contributed by atoms with Crippen molar-refractivity contribution in [2.24, 2.45) is 5.92 Å². The van der Waals surface area contributed by atoms with Gasteiger partial charge in [-0.1, -0.05) is 36.4 Å². The fourth-order valence-electron chi connectivity index (χ4n) is 3.23. The summed E-state index contributed by atoms with van der Waals surface area (Å²) in [6.07, 6.45) is 11.3. The predicted molar refractivity (Wildman–Crippen MR) is 83.7 cm³/mol. The summed E-state index contributed by atoms with van der Waals surface area (Å²) < 4.78 is 0.901. The molecule has 0 amide bonds. The van der Waals surface area contributed by atoms with E-state index in [2.05, 4.69) is 69.6 Å². The van der Waals surface area contributed by atoms with Gasteiger partial charge in [0.2, 0.25) is 0 Å². The highest BCUT2D eigenvalue weighted by molar-refractivity contribution is 5.85. The number of fused-ring (bicyclic) bond motifs is 1. The van der Waals surface area contributed by atoms with E-state index in [9.17, 15) is 0 Å². The molecule has 98 valence electrons. The maximum absolute atomic E-state index is 2.35. The number of hydrogen-bond acceptors (Lipinski definition) is 0. The number of allylic oxidation sites excluding steroid dienone is 6. The largest absolute Gasteiger partial charge is 0.267 e. The Morgan fingerprint density at radius 2 is 1.95 bits per heavy atom. The molecule has 0 bridgehead atoms. The molecule has 1 unspecified atom stereocenters. The minimum atomic E-state index is 0.654. The van der Waals surface area contributed by atoms with Gasteiger partial charge in [0.25, 0.3) is 0 Å². The van der Waals surface area contributed by atoms with E-state index in [-0.39, 0.29) is 0 Å². The zero-order valence-corrected chi connectivity index (χ0v) is 12.1. The molecule has 0 saturated carbocycles. The molecule has 0 aromatic heterocycles. The number of nitrogens with zero attached hydrogens (tertiary/aromatic N) is 1. The minimum absolute atomic E-state index is 0.654. The average Bonchev–Trinajstić information content (AvgIpc) is 2.62. The van der Waals surface area contributed by atoms with Gasteiger partial charge in [0.15, 0.2) is 0 Å². The first kappa shape index (κ1) is 12.4. The van der Waals surface area contributed by atoms with Crippen LogP contribution in [0.15, 0.2) is 54.3 Å². The van der Waals surface area contributed by atoms with Crippen molar-refractivity contribution < 1.29 is 0 Å². The van der Waals surface area contributed by atoms with E-state index in [1.807, 2.05) is 0 Å². The topological polar surface area (TPSA) is 0 Å². The molecular weight excluding hydrogens is 230 g/mol. The molecular formula is C18H22N+. The molecule has 3 rings (SSSR count). The Kier molecular flexibility index (Phi) is 2.94. The highest BCUT2D eigenvalue weighted by atomic mass is 15.3. The van der Waals surface area contributed by atoms with E-state index in [0.29, 0.717) is 5.92 Å². The Labute approximate surface area is 116 Å². The van der Waals surface area contributed by atoms with Gasteiger partial charge in [-0.3, -0.25) is 4.48 Å². The SMILES string of the molecule is CC1=C(CC2C=CC=CC2)c2ccccc2[N+]1(C)C. The summed E-state index contributed by atoms with van der Waals surface area (Å²) in [4.78, 5) is 0. The van der Waals surface area contributed by atoms with E-state index < -0.39 is 0 Å². The van der Waals surface area contributed by atoms with Crippen LogP contribution < -0.4 is 4.48 Å². The van der Waals surface area contributed by atoms with E-state index in [1.54, 1.807) is 5.57 Å². The first-order valence-electron chi connectivity index (χ1n) is 7.08. The minimum Gasteiger partial charge on any atom is -0.267 e. The first-order chi connectivity index (χ1) is 9.10. The van der Waals surface area contributed by atoms with E-state index in [1.165, 1.54) is 23.4 Å². The van der Waals surface area contributed by atoms with Crippen molar-refractivity contribution >= 4 is 11.3 Å². The molecule has 1 aliphatic carbocycles. The third-order valence-electron chi connectivity index (χ3n) is 4.64. The van der Waals surface area contributed by atoms with Crippen LogP contribution in [-0.4, -0.2) is 14.1 Å². The third-order valence-corrected chi connectivity index (χ3v) is 4.64. The Morgan fingerprint density at radius 3 is 2.68 bits per heavy atom. The zero-order chi connectivity index (χ0) is 13.5. The molecule has 1 aromatic rings. The molecule has 2 aliphatic rings. The van der Waals surface area contributed by atoms with Crippen LogP contribution >= 0.6 is 0 Å². The molecule has 1 nitrogen and oxygen atoms in total. The molecule has 0 radical (unpaired) electrons. The van der Waals surface area contributed by atoms with Crippen molar-refractivity contribution in [3.63, 3.8) is 0 Å². The highest BCUT2D eigenvalue weighted by Crippen LogP contribution is 2.45. The second kappa shape index (κ2) is 4.50. The summed E-state index contributed by atoms with van der Waals surface area (Å²) in [5, 5.41) is 0. The molecule has 19 heavy (non-hydrogen) atoms. The number of rotatable bonds is 2. The molecule has 0 spiro atoms. The summed E-state index contributed by atoms with van der Waals surface area (Å²) in [6, 6.07) is 8.86. The van der Waals surface area contributed by atoms with Crippen molar-refractivity contribution in [2.45, 2.75) is 19.8 Å². The van der Waals surface area contributed by atoms with Gasteiger partial charge >= 0.3 is 0 Å². The number of quaternary nitrogens is 1. The summed E-state index contributed by atoms with van der Waals surface area (Å²) in [6.45, 7) is 2.29. The van der Waals surface area contributed by atoms with Crippen LogP contribution in [0.3, 0.4) is 0 Å². The molecule has 1 heterocycles. The lowest BCUT2D eigenvalue weighted by Crippen LogP contribution is -2.36. The lowest BCUT2D eigenvalue weighted by molar-refractivity contribution is 0.505. The van der Waals surface area contributed by atoms with Crippen LogP contribution in [0.2, 0.25) is 0 Å². The zero-order valence-electron chi connectivity index (χ0n) is 12.1. The van der Waals surface area contributed by atoms with Gasteiger partial charge in [-0.2, -0.15) is 0 Å². The molecule has 1 atom stereocenters. The van der Waals surface area contributed by atoms with Gasteiger partial charge in [0, 0.05) is 24.1 Å². The average molecular weight is 252 g/mol. The fraction of sp³-hybridized carbons (Fsp3) is 0.333. The van der Waals surface area contributed by atoms with Crippen LogP contribution in [0.4, 0.5) is 5.69 Å². The van der Waals surface area contributed by atoms with Crippen LogP contribution in [0, 0.1) is 5.92 Å². The summed E-state index contributed by atoms with van der Waals surface area (Å²) in [5.74, 6) is 0.654. The van der Waals surface area contributed by atoms with Gasteiger partial charge in [0.05, 0.1) is 14.1 Å². The number of benzene rings is 1. The van der Waals surface area contributed by atoms with Crippen LogP contribution in [-0.2, 0) is 0 Å². The van der Waals surface area contributed by atoms with Crippen LogP contribution in [0.25, 0.3) is 5.57 Å². The molecule has 0 saturated heterocycles. The van der Waals surface area contributed by atoms with Crippen molar-refractivity contribution in [3.8, 4) is 0 Å². The van der Waals surface area contributed by atoms with Crippen molar-refractivity contribution in [1.82, 2.24) is 4.48 Å². The van der Waals surface area contributed by atoms with Crippen molar-refractivity contribution in [2.75, 3.05) is 14.1 Å². The third kappa shape index (κ3) is 1.98. The maximum Gasteiger partial charge on any atom is 0.145 e. The molecule has 1 aromatic carbocycles. The predicted octanol–water partition coefficient (Wildman–Crippen LogP) is 4.52. The Balaban J connectivity index is 1.98. The van der Waals surface area contributed by atoms with Gasteiger partial charge in [0.1, 0.15) is 11.4 Å². The lowest BCUT2D eigenvalue weighted by atomic mass is 9.90. The molecule has 1 aliphatic heterocycles. The molecule has 1 heteroatoms. The Morgan fingerprint density at radius 1 is 1.16 bits per heavy atom. The van der Waals surface area contributed by atoms with Crippen LogP contribution in [0.1, 0.15) is 25.3 Å². The Hall–Kier alpha value is -1.60. The standard InChI is InChI=1S/C18H22N/c1-14-17(13-15-9-5-4-6-10-15)16-11-7-8-12-18(16)19(14,2)3/h4-9,11-12,15H,10,13H2,1-3H3/q+1.